The second-order valence-corrected chi connectivity index (χ2v) is 4.77. The Morgan fingerprint density at radius 3 is 2.84 bits per heavy atom. The van der Waals surface area contributed by atoms with Gasteiger partial charge in [-0.05, 0) is 43.4 Å². The lowest BCUT2D eigenvalue weighted by molar-refractivity contribution is 0.419. The summed E-state index contributed by atoms with van der Waals surface area (Å²) in [4.78, 5) is 3.18. The molecule has 5 heteroatoms. The second kappa shape index (κ2) is 4.59. The van der Waals surface area contributed by atoms with E-state index in [1.807, 2.05) is 41.8 Å². The first kappa shape index (κ1) is 12.0. The number of nitrogens with zero attached hydrogens (tertiary/aromatic N) is 1. The maximum Gasteiger partial charge on any atom is 0.178 e. The van der Waals surface area contributed by atoms with Crippen LogP contribution in [0.5, 0.6) is 5.75 Å². The summed E-state index contributed by atoms with van der Waals surface area (Å²) in [5.74, 6) is 2.58. The third kappa shape index (κ3) is 2.06. The van der Waals surface area contributed by atoms with E-state index in [1.165, 1.54) is 0 Å². The first-order valence-corrected chi connectivity index (χ1v) is 6.40. The SMILES string of the molecule is COc1cccc2c1[nH]c(=S)n2Cc1ccc(C)o1. The molecule has 0 aliphatic rings. The van der Waals surface area contributed by atoms with Crippen LogP contribution in [0.15, 0.2) is 34.7 Å². The molecular weight excluding hydrogens is 260 g/mol. The summed E-state index contributed by atoms with van der Waals surface area (Å²) in [6.07, 6.45) is 0. The molecule has 0 unspecified atom stereocenters. The number of aryl methyl sites for hydroxylation is 1. The lowest BCUT2D eigenvalue weighted by Crippen LogP contribution is -1.98. The molecule has 1 N–H and O–H groups in total. The average molecular weight is 274 g/mol. The maximum absolute atomic E-state index is 5.61. The van der Waals surface area contributed by atoms with Crippen LogP contribution < -0.4 is 4.74 Å². The molecule has 0 atom stereocenters. The molecule has 2 heterocycles. The van der Waals surface area contributed by atoms with Gasteiger partial charge in [-0.2, -0.15) is 0 Å². The van der Waals surface area contributed by atoms with Gasteiger partial charge < -0.3 is 18.7 Å². The molecule has 3 aromatic rings. The van der Waals surface area contributed by atoms with Gasteiger partial charge in [0.15, 0.2) is 4.77 Å². The molecule has 0 fully saturated rings. The highest BCUT2D eigenvalue weighted by atomic mass is 32.1. The second-order valence-electron chi connectivity index (χ2n) is 4.38. The Kier molecular flexibility index (Phi) is 2.91. The van der Waals surface area contributed by atoms with Gasteiger partial charge in [-0.3, -0.25) is 0 Å². The molecule has 1 aromatic carbocycles. The fourth-order valence-corrected chi connectivity index (χ4v) is 2.47. The van der Waals surface area contributed by atoms with Crippen LogP contribution in [0.1, 0.15) is 11.5 Å². The van der Waals surface area contributed by atoms with E-state index in [9.17, 15) is 0 Å². The predicted molar refractivity (Wildman–Crippen MR) is 76.2 cm³/mol. The van der Waals surface area contributed by atoms with E-state index < -0.39 is 0 Å². The number of nitrogens with one attached hydrogen (secondary N) is 1. The van der Waals surface area contributed by atoms with Gasteiger partial charge in [-0.1, -0.05) is 6.07 Å². The van der Waals surface area contributed by atoms with E-state index in [-0.39, 0.29) is 0 Å². The normalized spacial score (nSPS) is 11.1. The molecule has 98 valence electrons. The van der Waals surface area contributed by atoms with Crippen molar-refractivity contribution in [2.75, 3.05) is 7.11 Å². The lowest BCUT2D eigenvalue weighted by atomic mass is 10.3. The van der Waals surface area contributed by atoms with E-state index in [0.29, 0.717) is 11.3 Å². The van der Waals surface area contributed by atoms with Crippen molar-refractivity contribution in [2.45, 2.75) is 13.5 Å². The molecule has 0 saturated carbocycles. The molecule has 4 nitrogen and oxygen atoms in total. The van der Waals surface area contributed by atoms with Crippen molar-refractivity contribution in [1.29, 1.82) is 0 Å². The van der Waals surface area contributed by atoms with Gasteiger partial charge in [0.05, 0.1) is 19.2 Å². The number of hydrogen-bond acceptors (Lipinski definition) is 3. The van der Waals surface area contributed by atoms with Gasteiger partial charge in [0.2, 0.25) is 0 Å². The number of rotatable bonds is 3. The minimum absolute atomic E-state index is 0.611. The summed E-state index contributed by atoms with van der Waals surface area (Å²) in [5.41, 5.74) is 1.93. The Labute approximate surface area is 115 Å². The molecule has 0 radical (unpaired) electrons. The van der Waals surface area contributed by atoms with Gasteiger partial charge in [-0.25, -0.2) is 0 Å². The number of ether oxygens (including phenoxy) is 1. The number of benzene rings is 1. The number of H-pyrrole nitrogens is 1. The summed E-state index contributed by atoms with van der Waals surface area (Å²) in [5, 5.41) is 0. The monoisotopic (exact) mass is 274 g/mol. The summed E-state index contributed by atoms with van der Waals surface area (Å²) in [6, 6.07) is 9.80. The van der Waals surface area contributed by atoms with Gasteiger partial charge >= 0.3 is 0 Å². The quantitative estimate of drug-likeness (QED) is 0.741. The zero-order valence-corrected chi connectivity index (χ0v) is 11.6. The number of methoxy groups -OCH3 is 1. The third-order valence-electron chi connectivity index (χ3n) is 3.10. The molecule has 0 bridgehead atoms. The summed E-state index contributed by atoms with van der Waals surface area (Å²) in [6.45, 7) is 2.54. The van der Waals surface area contributed by atoms with Crippen molar-refractivity contribution in [3.63, 3.8) is 0 Å². The van der Waals surface area contributed by atoms with Crippen LogP contribution >= 0.6 is 12.2 Å². The highest BCUT2D eigenvalue weighted by Gasteiger charge is 2.10. The van der Waals surface area contributed by atoms with E-state index >= 15 is 0 Å². The average Bonchev–Trinajstić information content (AvgIpc) is 2.94. The van der Waals surface area contributed by atoms with Gasteiger partial charge in [0.1, 0.15) is 22.8 Å². The van der Waals surface area contributed by atoms with Gasteiger partial charge in [0, 0.05) is 0 Å². The molecule has 0 aliphatic carbocycles. The van der Waals surface area contributed by atoms with Crippen LogP contribution in [0.3, 0.4) is 0 Å². The first-order valence-electron chi connectivity index (χ1n) is 6.00. The van der Waals surface area contributed by atoms with Crippen LogP contribution in [0.2, 0.25) is 0 Å². The summed E-state index contributed by atoms with van der Waals surface area (Å²) >= 11 is 5.38. The van der Waals surface area contributed by atoms with Crippen LogP contribution in [-0.2, 0) is 6.54 Å². The summed E-state index contributed by atoms with van der Waals surface area (Å²) < 4.78 is 13.6. The molecule has 0 aliphatic heterocycles. The number of imidazole rings is 1. The fraction of sp³-hybridized carbons (Fsp3) is 0.214. The Bertz CT molecular complexity index is 782. The van der Waals surface area contributed by atoms with E-state index in [1.54, 1.807) is 7.11 Å². The predicted octanol–water partition coefficient (Wildman–Crippen LogP) is 3.66. The van der Waals surface area contributed by atoms with Crippen LogP contribution in [-0.4, -0.2) is 16.7 Å². The Morgan fingerprint density at radius 1 is 1.32 bits per heavy atom. The molecule has 0 spiro atoms. The molecule has 2 aromatic heterocycles. The van der Waals surface area contributed by atoms with Crippen LogP contribution in [0.25, 0.3) is 11.0 Å². The zero-order valence-electron chi connectivity index (χ0n) is 10.8. The number of para-hydroxylation sites is 1. The van der Waals surface area contributed by atoms with Crippen molar-refractivity contribution in [2.24, 2.45) is 0 Å². The van der Waals surface area contributed by atoms with Crippen LogP contribution in [0.4, 0.5) is 0 Å². The Balaban J connectivity index is 2.13. The third-order valence-corrected chi connectivity index (χ3v) is 3.42. The molecular formula is C14H14N2O2S. The Morgan fingerprint density at radius 2 is 2.16 bits per heavy atom. The van der Waals surface area contributed by atoms with Crippen molar-refractivity contribution in [3.05, 3.63) is 46.6 Å². The minimum Gasteiger partial charge on any atom is -0.494 e. The maximum atomic E-state index is 5.61. The standard InChI is InChI=1S/C14H14N2O2S/c1-9-6-7-10(18-9)8-16-11-4-3-5-12(17-2)13(11)15-14(16)19/h3-7H,8H2,1-2H3,(H,15,19). The first-order chi connectivity index (χ1) is 9.19. The van der Waals surface area contributed by atoms with Crippen LogP contribution in [0, 0.1) is 11.7 Å². The number of aromatic nitrogens is 2. The van der Waals surface area contributed by atoms with Gasteiger partial charge in [-0.15, -0.1) is 0 Å². The van der Waals surface area contributed by atoms with E-state index in [2.05, 4.69) is 4.98 Å². The highest BCUT2D eigenvalue weighted by molar-refractivity contribution is 7.71. The van der Waals surface area contributed by atoms with Crippen molar-refractivity contribution < 1.29 is 9.15 Å². The highest BCUT2D eigenvalue weighted by Crippen LogP contribution is 2.25. The smallest absolute Gasteiger partial charge is 0.178 e. The van der Waals surface area contributed by atoms with Gasteiger partial charge in [0.25, 0.3) is 0 Å². The summed E-state index contributed by atoms with van der Waals surface area (Å²) in [7, 11) is 1.65. The number of fused-ring (bicyclic) bond motifs is 1. The minimum atomic E-state index is 0.611. The fourth-order valence-electron chi connectivity index (χ4n) is 2.21. The number of aromatic amines is 1. The van der Waals surface area contributed by atoms with E-state index in [4.69, 9.17) is 21.4 Å². The molecule has 0 saturated heterocycles. The Hall–Kier alpha value is -2.01. The van der Waals surface area contributed by atoms with Crippen molar-refractivity contribution in [3.8, 4) is 5.75 Å². The largest absolute Gasteiger partial charge is 0.494 e. The number of hydrogen-bond donors (Lipinski definition) is 1. The molecule has 19 heavy (non-hydrogen) atoms. The number of furan rings is 1. The molecule has 0 amide bonds. The lowest BCUT2D eigenvalue weighted by Gasteiger charge is -2.03. The van der Waals surface area contributed by atoms with Crippen molar-refractivity contribution in [1.82, 2.24) is 9.55 Å². The topological polar surface area (TPSA) is 43.1 Å². The van der Waals surface area contributed by atoms with E-state index in [0.717, 1.165) is 28.3 Å². The zero-order chi connectivity index (χ0) is 13.4. The van der Waals surface area contributed by atoms with Crippen molar-refractivity contribution >= 4 is 23.3 Å². The molecule has 3 rings (SSSR count).